The highest BCUT2D eigenvalue weighted by molar-refractivity contribution is 7.10. The van der Waals surface area contributed by atoms with Crippen LogP contribution in [0.1, 0.15) is 16.0 Å². The van der Waals surface area contributed by atoms with E-state index in [2.05, 4.69) is 48.8 Å². The summed E-state index contributed by atoms with van der Waals surface area (Å²) in [5, 5.41) is 5.42. The van der Waals surface area contributed by atoms with Crippen LogP contribution in [0.25, 0.3) is 11.1 Å². The maximum atomic E-state index is 3.18. The summed E-state index contributed by atoms with van der Waals surface area (Å²) in [6.45, 7) is 5.25. The Labute approximate surface area is 101 Å². The molecular weight excluding hydrogens is 214 g/mol. The highest BCUT2D eigenvalue weighted by Gasteiger charge is 2.03. The Morgan fingerprint density at radius 1 is 1.00 bits per heavy atom. The summed E-state index contributed by atoms with van der Waals surface area (Å²) in [4.78, 5) is 1.39. The van der Waals surface area contributed by atoms with Gasteiger partial charge in [-0.05, 0) is 43.5 Å². The molecule has 0 saturated carbocycles. The maximum absolute atomic E-state index is 3.18. The molecule has 0 saturated heterocycles. The van der Waals surface area contributed by atoms with E-state index in [4.69, 9.17) is 0 Å². The minimum Gasteiger partial charge on any atom is -0.315 e. The molecular formula is C14H17NS. The first kappa shape index (κ1) is 11.4. The van der Waals surface area contributed by atoms with Crippen molar-refractivity contribution in [1.29, 1.82) is 0 Å². The van der Waals surface area contributed by atoms with Gasteiger partial charge in [0.25, 0.3) is 0 Å². The lowest BCUT2D eigenvalue weighted by molar-refractivity contribution is 0.831. The predicted molar refractivity (Wildman–Crippen MR) is 72.0 cm³/mol. The Morgan fingerprint density at radius 3 is 2.31 bits per heavy atom. The van der Waals surface area contributed by atoms with Gasteiger partial charge in [-0.1, -0.05) is 29.3 Å². The van der Waals surface area contributed by atoms with Gasteiger partial charge in [-0.2, -0.15) is 0 Å². The van der Waals surface area contributed by atoms with E-state index in [0.717, 1.165) is 6.54 Å². The van der Waals surface area contributed by atoms with E-state index in [0.29, 0.717) is 0 Å². The lowest BCUT2D eigenvalue weighted by Crippen LogP contribution is -2.02. The average molecular weight is 231 g/mol. The first-order valence-corrected chi connectivity index (χ1v) is 6.37. The summed E-state index contributed by atoms with van der Waals surface area (Å²) in [6.07, 6.45) is 0. The van der Waals surface area contributed by atoms with Gasteiger partial charge in [-0.3, -0.25) is 0 Å². The fourth-order valence-electron chi connectivity index (χ4n) is 1.94. The molecule has 1 nitrogen and oxygen atoms in total. The van der Waals surface area contributed by atoms with Crippen LogP contribution in [0.4, 0.5) is 0 Å². The molecule has 16 heavy (non-hydrogen) atoms. The summed E-state index contributed by atoms with van der Waals surface area (Å²) in [6, 6.07) is 8.98. The normalized spacial score (nSPS) is 10.7. The van der Waals surface area contributed by atoms with Crippen LogP contribution in [-0.4, -0.2) is 7.05 Å². The fourth-order valence-corrected chi connectivity index (χ4v) is 2.85. The summed E-state index contributed by atoms with van der Waals surface area (Å²) in [5.74, 6) is 0. The van der Waals surface area contributed by atoms with Crippen molar-refractivity contribution >= 4 is 11.3 Å². The van der Waals surface area contributed by atoms with Crippen molar-refractivity contribution in [3.8, 4) is 11.1 Å². The standard InChI is InChI=1S/C14H17NS/c1-10-4-11(2)6-12(5-10)13-7-14(8-15-3)16-9-13/h4-7,9,15H,8H2,1-3H3. The Kier molecular flexibility index (Phi) is 3.42. The highest BCUT2D eigenvalue weighted by Crippen LogP contribution is 2.27. The van der Waals surface area contributed by atoms with E-state index in [1.165, 1.54) is 27.1 Å². The molecule has 0 unspecified atom stereocenters. The third kappa shape index (κ3) is 2.52. The number of hydrogen-bond donors (Lipinski definition) is 1. The summed E-state index contributed by atoms with van der Waals surface area (Å²) < 4.78 is 0. The number of nitrogens with one attached hydrogen (secondary N) is 1. The number of hydrogen-bond acceptors (Lipinski definition) is 2. The second-order valence-corrected chi connectivity index (χ2v) is 5.20. The predicted octanol–water partition coefficient (Wildman–Crippen LogP) is 3.75. The molecule has 2 aromatic rings. The zero-order valence-corrected chi connectivity index (χ0v) is 10.8. The minimum absolute atomic E-state index is 0.954. The van der Waals surface area contributed by atoms with Crippen LogP contribution in [0.5, 0.6) is 0 Å². The van der Waals surface area contributed by atoms with Gasteiger partial charge in [-0.25, -0.2) is 0 Å². The van der Waals surface area contributed by atoms with E-state index < -0.39 is 0 Å². The fraction of sp³-hybridized carbons (Fsp3) is 0.286. The van der Waals surface area contributed by atoms with Gasteiger partial charge < -0.3 is 5.32 Å². The SMILES string of the molecule is CNCc1cc(-c2cc(C)cc(C)c2)cs1. The van der Waals surface area contributed by atoms with E-state index >= 15 is 0 Å². The van der Waals surface area contributed by atoms with Gasteiger partial charge in [0.1, 0.15) is 0 Å². The molecule has 0 radical (unpaired) electrons. The molecule has 1 aromatic heterocycles. The second-order valence-electron chi connectivity index (χ2n) is 4.21. The lowest BCUT2D eigenvalue weighted by Gasteiger charge is -2.02. The smallest absolute Gasteiger partial charge is 0.0296 e. The van der Waals surface area contributed by atoms with Crippen LogP contribution < -0.4 is 5.32 Å². The molecule has 2 heteroatoms. The molecule has 1 aromatic carbocycles. The number of rotatable bonds is 3. The monoisotopic (exact) mass is 231 g/mol. The Hall–Kier alpha value is -1.12. The molecule has 0 aliphatic rings. The van der Waals surface area contributed by atoms with Crippen molar-refractivity contribution in [3.05, 3.63) is 45.6 Å². The van der Waals surface area contributed by atoms with Crippen molar-refractivity contribution in [2.45, 2.75) is 20.4 Å². The van der Waals surface area contributed by atoms with Crippen LogP contribution in [0.2, 0.25) is 0 Å². The first-order valence-electron chi connectivity index (χ1n) is 5.50. The Bertz CT molecular complexity index is 465. The van der Waals surface area contributed by atoms with Crippen LogP contribution in [0, 0.1) is 13.8 Å². The second kappa shape index (κ2) is 4.81. The van der Waals surface area contributed by atoms with Gasteiger partial charge >= 0.3 is 0 Å². The molecule has 0 spiro atoms. The summed E-state index contributed by atoms with van der Waals surface area (Å²) in [5.41, 5.74) is 5.32. The Balaban J connectivity index is 2.34. The molecule has 1 N–H and O–H groups in total. The molecule has 2 rings (SSSR count). The number of benzene rings is 1. The van der Waals surface area contributed by atoms with Crippen molar-refractivity contribution in [2.75, 3.05) is 7.05 Å². The molecule has 0 bridgehead atoms. The van der Waals surface area contributed by atoms with E-state index in [-0.39, 0.29) is 0 Å². The van der Waals surface area contributed by atoms with Crippen molar-refractivity contribution in [1.82, 2.24) is 5.32 Å². The third-order valence-electron chi connectivity index (χ3n) is 2.56. The topological polar surface area (TPSA) is 12.0 Å². The van der Waals surface area contributed by atoms with E-state index in [9.17, 15) is 0 Å². The van der Waals surface area contributed by atoms with Crippen molar-refractivity contribution < 1.29 is 0 Å². The molecule has 84 valence electrons. The molecule has 0 aliphatic heterocycles. The van der Waals surface area contributed by atoms with Crippen LogP contribution in [-0.2, 0) is 6.54 Å². The zero-order valence-electron chi connectivity index (χ0n) is 10.0. The minimum atomic E-state index is 0.954. The van der Waals surface area contributed by atoms with Gasteiger partial charge in [-0.15, -0.1) is 11.3 Å². The van der Waals surface area contributed by atoms with E-state index in [1.807, 2.05) is 18.4 Å². The quantitative estimate of drug-likeness (QED) is 0.848. The van der Waals surface area contributed by atoms with E-state index in [1.54, 1.807) is 0 Å². The van der Waals surface area contributed by atoms with Gasteiger partial charge in [0, 0.05) is 11.4 Å². The molecule has 0 fully saturated rings. The Morgan fingerprint density at radius 2 is 1.69 bits per heavy atom. The summed E-state index contributed by atoms with van der Waals surface area (Å²) >= 11 is 1.82. The average Bonchev–Trinajstić information content (AvgIpc) is 2.65. The number of thiophene rings is 1. The van der Waals surface area contributed by atoms with Crippen LogP contribution >= 0.6 is 11.3 Å². The van der Waals surface area contributed by atoms with Crippen LogP contribution in [0.15, 0.2) is 29.6 Å². The third-order valence-corrected chi connectivity index (χ3v) is 3.50. The largest absolute Gasteiger partial charge is 0.315 e. The number of aryl methyl sites for hydroxylation is 2. The zero-order chi connectivity index (χ0) is 11.5. The molecule has 0 atom stereocenters. The summed E-state index contributed by atoms with van der Waals surface area (Å²) in [7, 11) is 1.98. The van der Waals surface area contributed by atoms with Crippen molar-refractivity contribution in [2.24, 2.45) is 0 Å². The van der Waals surface area contributed by atoms with Crippen LogP contribution in [0.3, 0.4) is 0 Å². The van der Waals surface area contributed by atoms with Gasteiger partial charge in [0.05, 0.1) is 0 Å². The van der Waals surface area contributed by atoms with Crippen molar-refractivity contribution in [3.63, 3.8) is 0 Å². The lowest BCUT2D eigenvalue weighted by atomic mass is 10.0. The first-order chi connectivity index (χ1) is 7.69. The molecule has 1 heterocycles. The highest BCUT2D eigenvalue weighted by atomic mass is 32.1. The van der Waals surface area contributed by atoms with Gasteiger partial charge in [0.2, 0.25) is 0 Å². The van der Waals surface area contributed by atoms with Gasteiger partial charge in [0.15, 0.2) is 0 Å². The maximum Gasteiger partial charge on any atom is 0.0296 e. The molecule has 0 aliphatic carbocycles. The molecule has 0 amide bonds.